The third kappa shape index (κ3) is 4.79. The minimum atomic E-state index is -0.997. The topological polar surface area (TPSA) is 115 Å². The Kier molecular flexibility index (Phi) is 6.42. The van der Waals surface area contributed by atoms with Crippen molar-refractivity contribution in [3.8, 4) is 17.2 Å². The third-order valence-electron chi connectivity index (χ3n) is 6.83. The van der Waals surface area contributed by atoms with Gasteiger partial charge in [-0.2, -0.15) is 0 Å². The highest BCUT2D eigenvalue weighted by molar-refractivity contribution is 5.85. The lowest BCUT2D eigenvalue weighted by Gasteiger charge is -2.13. The number of hydrogen-bond donors (Lipinski definition) is 2. The van der Waals surface area contributed by atoms with Crippen LogP contribution in [0.4, 0.5) is 10.6 Å². The fourth-order valence-electron chi connectivity index (χ4n) is 4.94. The standard InChI is InChI=1S/C29H26N6O4/c36-28-34(21-11-13-24(14-12-21)39-23-9-5-2-6-10-23)25-26(30-17-20-7-3-1-4-8-20)31-19-32-27(25)35(28)22-15-16-33(18-22)29(37)38/h1-14,19,22H,15-18H2,(H,37,38)(H,30,31,32)/t22-/m1/s1. The molecule has 0 aliphatic carbocycles. The van der Waals surface area contributed by atoms with Crippen molar-refractivity contribution in [2.24, 2.45) is 0 Å². The van der Waals surface area contributed by atoms with Gasteiger partial charge in [0.2, 0.25) is 0 Å². The summed E-state index contributed by atoms with van der Waals surface area (Å²) in [6.07, 6.45) is 0.950. The molecule has 0 bridgehead atoms. The van der Waals surface area contributed by atoms with E-state index in [1.54, 1.807) is 21.3 Å². The molecule has 2 aromatic heterocycles. The molecule has 0 radical (unpaired) electrons. The van der Waals surface area contributed by atoms with Gasteiger partial charge in [0.1, 0.15) is 23.3 Å². The number of benzene rings is 3. The molecule has 1 saturated heterocycles. The average molecular weight is 523 g/mol. The summed E-state index contributed by atoms with van der Waals surface area (Å²) in [6, 6.07) is 26.3. The van der Waals surface area contributed by atoms with Crippen LogP contribution in [0.2, 0.25) is 0 Å². The van der Waals surface area contributed by atoms with Gasteiger partial charge in [-0.15, -0.1) is 0 Å². The van der Waals surface area contributed by atoms with Crippen molar-refractivity contribution < 1.29 is 14.6 Å². The number of anilines is 1. The molecule has 10 nitrogen and oxygen atoms in total. The zero-order valence-electron chi connectivity index (χ0n) is 21.0. The van der Waals surface area contributed by atoms with Crippen molar-refractivity contribution in [3.05, 3.63) is 107 Å². The Hall–Kier alpha value is -5.12. The lowest BCUT2D eigenvalue weighted by Crippen LogP contribution is -2.31. The Morgan fingerprint density at radius 1 is 0.949 bits per heavy atom. The number of carboxylic acid groups (broad SMARTS) is 1. The second-order valence-corrected chi connectivity index (χ2v) is 9.30. The quantitative estimate of drug-likeness (QED) is 0.312. The average Bonchev–Trinajstić information content (AvgIpc) is 3.56. The predicted octanol–water partition coefficient (Wildman–Crippen LogP) is 4.91. The van der Waals surface area contributed by atoms with Gasteiger partial charge in [-0.05, 0) is 48.4 Å². The molecule has 1 atom stereocenters. The van der Waals surface area contributed by atoms with Gasteiger partial charge in [0.15, 0.2) is 11.5 Å². The summed E-state index contributed by atoms with van der Waals surface area (Å²) in [5, 5.41) is 12.8. The molecule has 39 heavy (non-hydrogen) atoms. The second-order valence-electron chi connectivity index (χ2n) is 9.30. The predicted molar refractivity (Wildman–Crippen MR) is 147 cm³/mol. The molecule has 10 heteroatoms. The highest BCUT2D eigenvalue weighted by Crippen LogP contribution is 2.29. The number of imidazole rings is 1. The van der Waals surface area contributed by atoms with E-state index in [1.165, 1.54) is 11.2 Å². The van der Waals surface area contributed by atoms with Gasteiger partial charge < -0.3 is 20.1 Å². The maximum Gasteiger partial charge on any atom is 0.407 e. The van der Waals surface area contributed by atoms with Crippen molar-refractivity contribution in [2.75, 3.05) is 18.4 Å². The number of aromatic nitrogens is 4. The first-order chi connectivity index (χ1) is 19.1. The number of para-hydroxylation sites is 1. The first-order valence-corrected chi connectivity index (χ1v) is 12.7. The van der Waals surface area contributed by atoms with Crippen molar-refractivity contribution in [2.45, 2.75) is 19.0 Å². The summed E-state index contributed by atoms with van der Waals surface area (Å²) in [4.78, 5) is 35.9. The second kappa shape index (κ2) is 10.3. The van der Waals surface area contributed by atoms with E-state index in [-0.39, 0.29) is 18.3 Å². The van der Waals surface area contributed by atoms with Crippen LogP contribution < -0.4 is 15.7 Å². The molecule has 0 unspecified atom stereocenters. The van der Waals surface area contributed by atoms with Gasteiger partial charge >= 0.3 is 11.8 Å². The van der Waals surface area contributed by atoms with Crippen LogP contribution in [0, 0.1) is 0 Å². The van der Waals surface area contributed by atoms with E-state index in [2.05, 4.69) is 15.3 Å². The lowest BCUT2D eigenvalue weighted by molar-refractivity contribution is 0.154. The van der Waals surface area contributed by atoms with Crippen LogP contribution in [-0.4, -0.2) is 48.3 Å². The van der Waals surface area contributed by atoms with Gasteiger partial charge in [0.25, 0.3) is 0 Å². The van der Waals surface area contributed by atoms with Gasteiger partial charge in [0.05, 0.1) is 11.7 Å². The molecular formula is C29H26N6O4. The van der Waals surface area contributed by atoms with Crippen molar-refractivity contribution in [3.63, 3.8) is 0 Å². The summed E-state index contributed by atoms with van der Waals surface area (Å²) in [5.74, 6) is 1.86. The summed E-state index contributed by atoms with van der Waals surface area (Å²) in [7, 11) is 0. The smallest absolute Gasteiger partial charge is 0.407 e. The number of nitrogens with one attached hydrogen (secondary N) is 1. The Labute approximate surface area is 223 Å². The molecule has 1 aliphatic heterocycles. The van der Waals surface area contributed by atoms with Crippen LogP contribution in [0.25, 0.3) is 16.9 Å². The number of rotatable bonds is 7. The highest BCUT2D eigenvalue weighted by atomic mass is 16.5. The molecule has 3 aromatic carbocycles. The number of amides is 1. The molecule has 3 heterocycles. The Bertz CT molecular complexity index is 1670. The van der Waals surface area contributed by atoms with E-state index >= 15 is 0 Å². The number of nitrogens with zero attached hydrogens (tertiary/aromatic N) is 5. The summed E-state index contributed by atoms with van der Waals surface area (Å²) < 4.78 is 9.11. The minimum Gasteiger partial charge on any atom is -0.465 e. The SMILES string of the molecule is O=C(O)N1CC[C@@H](n2c(=O)n(-c3ccc(Oc4ccccc4)cc3)c3c(NCc4ccccc4)ncnc32)C1. The fraction of sp³-hybridized carbons (Fsp3) is 0.172. The minimum absolute atomic E-state index is 0.217. The summed E-state index contributed by atoms with van der Waals surface area (Å²) >= 11 is 0. The number of likely N-dealkylation sites (tertiary alicyclic amines) is 1. The number of ether oxygens (including phenoxy) is 1. The normalized spacial score (nSPS) is 15.0. The monoisotopic (exact) mass is 522 g/mol. The van der Waals surface area contributed by atoms with Crippen LogP contribution in [-0.2, 0) is 6.54 Å². The first-order valence-electron chi connectivity index (χ1n) is 12.7. The highest BCUT2D eigenvalue weighted by Gasteiger charge is 2.32. The molecule has 0 spiro atoms. The third-order valence-corrected chi connectivity index (χ3v) is 6.83. The maximum atomic E-state index is 14.0. The molecule has 5 aromatic rings. The van der Waals surface area contributed by atoms with Gasteiger partial charge in [-0.25, -0.2) is 19.6 Å². The number of carbonyl (C=O) groups is 1. The van der Waals surface area contributed by atoms with Crippen molar-refractivity contribution in [1.29, 1.82) is 0 Å². The van der Waals surface area contributed by atoms with Crippen LogP contribution in [0.5, 0.6) is 11.5 Å². The van der Waals surface area contributed by atoms with Crippen LogP contribution in [0.15, 0.2) is 96.1 Å². The Morgan fingerprint density at radius 3 is 2.33 bits per heavy atom. The van der Waals surface area contributed by atoms with E-state index in [0.29, 0.717) is 53.7 Å². The van der Waals surface area contributed by atoms with E-state index in [1.807, 2.05) is 72.8 Å². The molecule has 6 rings (SSSR count). The largest absolute Gasteiger partial charge is 0.465 e. The molecule has 1 amide bonds. The van der Waals surface area contributed by atoms with Crippen LogP contribution in [0.1, 0.15) is 18.0 Å². The number of hydrogen-bond acceptors (Lipinski definition) is 6. The first kappa shape index (κ1) is 24.2. The van der Waals surface area contributed by atoms with Gasteiger partial charge in [-0.3, -0.25) is 9.13 Å². The fourth-order valence-corrected chi connectivity index (χ4v) is 4.94. The zero-order chi connectivity index (χ0) is 26.8. The van der Waals surface area contributed by atoms with E-state index in [9.17, 15) is 14.7 Å². The van der Waals surface area contributed by atoms with E-state index in [4.69, 9.17) is 4.74 Å². The molecular weight excluding hydrogens is 496 g/mol. The van der Waals surface area contributed by atoms with Crippen molar-refractivity contribution in [1.82, 2.24) is 24.0 Å². The van der Waals surface area contributed by atoms with Crippen molar-refractivity contribution >= 4 is 23.1 Å². The van der Waals surface area contributed by atoms with Gasteiger partial charge in [0, 0.05) is 19.6 Å². The van der Waals surface area contributed by atoms with E-state index in [0.717, 1.165) is 5.56 Å². The molecule has 1 fully saturated rings. The van der Waals surface area contributed by atoms with Gasteiger partial charge in [-0.1, -0.05) is 48.5 Å². The zero-order valence-corrected chi connectivity index (χ0v) is 21.0. The Balaban J connectivity index is 1.43. The molecule has 1 aliphatic rings. The van der Waals surface area contributed by atoms with E-state index < -0.39 is 6.09 Å². The Morgan fingerprint density at radius 2 is 1.64 bits per heavy atom. The van der Waals surface area contributed by atoms with Crippen LogP contribution in [0.3, 0.4) is 0 Å². The molecule has 2 N–H and O–H groups in total. The van der Waals surface area contributed by atoms with Crippen LogP contribution >= 0.6 is 0 Å². The molecule has 0 saturated carbocycles. The number of fused-ring (bicyclic) bond motifs is 1. The summed E-state index contributed by atoms with van der Waals surface area (Å²) in [6.45, 7) is 1.08. The lowest BCUT2D eigenvalue weighted by atomic mass is 10.2. The molecule has 196 valence electrons. The summed E-state index contributed by atoms with van der Waals surface area (Å²) in [5.41, 5.74) is 2.36. The maximum absolute atomic E-state index is 14.0.